The molecular weight excluding hydrogens is 426 g/mol. The van der Waals surface area contributed by atoms with Crippen molar-refractivity contribution in [3.05, 3.63) is 23.1 Å². The van der Waals surface area contributed by atoms with Gasteiger partial charge in [-0.3, -0.25) is 4.79 Å². The number of rotatable bonds is 5. The Hall–Kier alpha value is -2.63. The summed E-state index contributed by atoms with van der Waals surface area (Å²) in [5.74, 6) is 0.516. The number of hydrogen-bond donors (Lipinski definition) is 4. The smallest absolute Gasteiger partial charge is 0.238 e. The Labute approximate surface area is 181 Å². The fourth-order valence-electron chi connectivity index (χ4n) is 4.28. The second-order valence-electron chi connectivity index (χ2n) is 7.62. The molecule has 1 saturated heterocycles. The molecule has 3 aromatic heterocycles. The second-order valence-corrected chi connectivity index (χ2v) is 9.04. The number of nitrogens with two attached hydrogens (primary N) is 3. The zero-order chi connectivity index (χ0) is 21.2. The molecule has 2 atom stereocenters. The van der Waals surface area contributed by atoms with Gasteiger partial charge >= 0.3 is 0 Å². The molecule has 1 aliphatic heterocycles. The van der Waals surface area contributed by atoms with Gasteiger partial charge < -0.3 is 27.1 Å². The van der Waals surface area contributed by atoms with Crippen LogP contribution in [0, 0.1) is 11.8 Å². The predicted octanol–water partition coefficient (Wildman–Crippen LogP) is 0.946. The van der Waals surface area contributed by atoms with Crippen LogP contribution in [-0.2, 0) is 11.2 Å². The van der Waals surface area contributed by atoms with Crippen LogP contribution >= 0.6 is 23.4 Å². The molecule has 30 heavy (non-hydrogen) atoms. The molecule has 0 radical (unpaired) electrons. The second kappa shape index (κ2) is 6.69. The van der Waals surface area contributed by atoms with E-state index in [0.29, 0.717) is 28.9 Å². The predicted molar refractivity (Wildman–Crippen MR) is 114 cm³/mol. The summed E-state index contributed by atoms with van der Waals surface area (Å²) in [6.45, 7) is 3.20. The lowest BCUT2D eigenvalue weighted by atomic mass is 10.1. The molecule has 1 aliphatic carbocycles. The van der Waals surface area contributed by atoms with E-state index >= 15 is 0 Å². The number of fused-ring (bicyclic) bond motifs is 2. The average Bonchev–Trinajstić information content (AvgIpc) is 3.04. The quantitative estimate of drug-likeness (QED) is 0.418. The first-order valence-corrected chi connectivity index (χ1v) is 10.7. The molecule has 12 heteroatoms. The van der Waals surface area contributed by atoms with Crippen LogP contribution in [0.3, 0.4) is 0 Å². The monoisotopic (exact) mass is 445 g/mol. The molecule has 2 unspecified atom stereocenters. The van der Waals surface area contributed by atoms with Crippen LogP contribution in [0.4, 0.5) is 11.8 Å². The summed E-state index contributed by atoms with van der Waals surface area (Å²) in [6, 6.07) is 0. The third kappa shape index (κ3) is 2.80. The molecule has 2 fully saturated rings. The highest BCUT2D eigenvalue weighted by molar-refractivity contribution is 7.99. The number of carbonyl (C=O) groups is 1. The van der Waals surface area contributed by atoms with Crippen molar-refractivity contribution in [3.63, 3.8) is 0 Å². The van der Waals surface area contributed by atoms with E-state index in [9.17, 15) is 4.79 Å². The zero-order valence-electron chi connectivity index (χ0n) is 16.1. The highest BCUT2D eigenvalue weighted by Gasteiger charge is 2.70. The van der Waals surface area contributed by atoms with Gasteiger partial charge in [-0.15, -0.1) is 0 Å². The highest BCUT2D eigenvalue weighted by atomic mass is 35.5. The number of piperidine rings is 1. The van der Waals surface area contributed by atoms with Crippen molar-refractivity contribution in [1.82, 2.24) is 24.9 Å². The van der Waals surface area contributed by atoms with E-state index < -0.39 is 11.4 Å². The molecule has 156 valence electrons. The van der Waals surface area contributed by atoms with E-state index in [1.165, 1.54) is 11.8 Å². The Bertz CT molecular complexity index is 1150. The number of carbonyl (C=O) groups excluding carboxylic acids is 1. The molecule has 1 saturated carbocycles. The van der Waals surface area contributed by atoms with Gasteiger partial charge in [0.15, 0.2) is 5.16 Å². The Morgan fingerprint density at radius 3 is 2.60 bits per heavy atom. The van der Waals surface area contributed by atoms with Crippen LogP contribution in [0.1, 0.15) is 12.6 Å². The van der Waals surface area contributed by atoms with Crippen molar-refractivity contribution in [3.8, 4) is 0 Å². The van der Waals surface area contributed by atoms with Crippen molar-refractivity contribution in [2.45, 2.75) is 28.9 Å². The van der Waals surface area contributed by atoms with Crippen LogP contribution in [-0.4, -0.2) is 49.5 Å². The van der Waals surface area contributed by atoms with Gasteiger partial charge in [0.1, 0.15) is 17.0 Å². The number of anilines is 2. The zero-order valence-corrected chi connectivity index (χ0v) is 17.7. The largest absolute Gasteiger partial charge is 0.368 e. The van der Waals surface area contributed by atoms with Gasteiger partial charge in [0, 0.05) is 43.0 Å². The molecule has 10 nitrogen and oxygen atoms in total. The van der Waals surface area contributed by atoms with Crippen molar-refractivity contribution in [2.75, 3.05) is 23.7 Å². The highest BCUT2D eigenvalue weighted by Crippen LogP contribution is 2.54. The van der Waals surface area contributed by atoms with Gasteiger partial charge in [0.2, 0.25) is 11.9 Å². The van der Waals surface area contributed by atoms with Crippen LogP contribution in [0.5, 0.6) is 0 Å². The van der Waals surface area contributed by atoms with Crippen molar-refractivity contribution in [1.29, 1.82) is 0 Å². The van der Waals surface area contributed by atoms with E-state index in [0.717, 1.165) is 28.2 Å². The summed E-state index contributed by atoms with van der Waals surface area (Å²) < 4.78 is 0. The van der Waals surface area contributed by atoms with Crippen molar-refractivity contribution in [2.24, 2.45) is 23.3 Å². The Balaban J connectivity index is 1.53. The van der Waals surface area contributed by atoms with Crippen molar-refractivity contribution < 1.29 is 4.79 Å². The maximum Gasteiger partial charge on any atom is 0.238 e. The molecule has 7 N–H and O–H groups in total. The summed E-state index contributed by atoms with van der Waals surface area (Å²) in [4.78, 5) is 35.4. The lowest BCUT2D eigenvalue weighted by Gasteiger charge is -2.24. The van der Waals surface area contributed by atoms with Crippen LogP contribution in [0.15, 0.2) is 22.4 Å². The summed E-state index contributed by atoms with van der Waals surface area (Å²) >= 11 is 7.98. The Kier molecular flexibility index (Phi) is 4.31. The molecule has 2 aliphatic rings. The molecule has 0 aromatic carbocycles. The van der Waals surface area contributed by atoms with E-state index in [-0.39, 0.29) is 17.8 Å². The molecule has 4 heterocycles. The topological polar surface area (TPSA) is 166 Å². The molecule has 1 amide bonds. The summed E-state index contributed by atoms with van der Waals surface area (Å²) in [6.07, 6.45) is 3.99. The first-order chi connectivity index (χ1) is 14.3. The average molecular weight is 446 g/mol. The minimum absolute atomic E-state index is 0.0185. The summed E-state index contributed by atoms with van der Waals surface area (Å²) in [5.41, 5.74) is 17.9. The third-order valence-electron chi connectivity index (χ3n) is 6.00. The van der Waals surface area contributed by atoms with Gasteiger partial charge in [-0.25, -0.2) is 19.9 Å². The normalized spacial score (nSPS) is 25.0. The lowest BCUT2D eigenvalue weighted by molar-refractivity contribution is -0.120. The lowest BCUT2D eigenvalue weighted by Crippen LogP contribution is -2.47. The van der Waals surface area contributed by atoms with Crippen molar-refractivity contribution >= 4 is 52.1 Å². The molecule has 3 aromatic rings. The number of halogens is 1. The number of aromatic amines is 1. The number of nitrogens with one attached hydrogen (secondary N) is 1. The summed E-state index contributed by atoms with van der Waals surface area (Å²) in [7, 11) is 0. The van der Waals surface area contributed by atoms with E-state index in [4.69, 9.17) is 33.8 Å². The standard InChI is InChI=1S/C18H20ClN9OS/c1-2-10-12(19)11-13(25-10)26-17(30-7-3-23-16(21)24-4-7)27-14(11)28-5-8-9(6-28)18(8,22)15(20)29/h3-4,8-9H,2,5-6,22H2,1H3,(H2,20,29)(H2,21,23,24)(H,25,26,27). The first kappa shape index (κ1) is 19.3. The third-order valence-corrected chi connectivity index (χ3v) is 7.23. The number of aryl methyl sites for hydroxylation is 1. The number of nitrogen functional groups attached to an aromatic ring is 1. The van der Waals surface area contributed by atoms with Crippen LogP contribution < -0.4 is 22.1 Å². The summed E-state index contributed by atoms with van der Waals surface area (Å²) in [5, 5.41) is 1.92. The SMILES string of the molecule is CCc1[nH]c2nc(Sc3cnc(N)nc3)nc(N3CC4C(C3)C4(N)C(N)=O)c2c1Cl. The number of H-pyrrole nitrogens is 1. The van der Waals surface area contributed by atoms with E-state index in [1.807, 2.05) is 6.92 Å². The molecular formula is C18H20ClN9OS. The number of amides is 1. The van der Waals surface area contributed by atoms with Crippen LogP contribution in [0.25, 0.3) is 11.0 Å². The first-order valence-electron chi connectivity index (χ1n) is 9.50. The minimum atomic E-state index is -0.919. The van der Waals surface area contributed by atoms with Crippen LogP contribution in [0.2, 0.25) is 5.02 Å². The fourth-order valence-corrected chi connectivity index (χ4v) is 5.33. The molecule has 5 rings (SSSR count). The Morgan fingerprint density at radius 1 is 1.33 bits per heavy atom. The molecule has 0 bridgehead atoms. The number of nitrogens with zero attached hydrogens (tertiary/aromatic N) is 5. The number of hydrogen-bond acceptors (Lipinski definition) is 9. The van der Waals surface area contributed by atoms with Gasteiger partial charge in [0.05, 0.1) is 15.3 Å². The Morgan fingerprint density at radius 2 is 2.00 bits per heavy atom. The minimum Gasteiger partial charge on any atom is -0.368 e. The fraction of sp³-hybridized carbons (Fsp3) is 0.389. The number of aromatic nitrogens is 5. The maximum absolute atomic E-state index is 11.7. The number of primary amides is 1. The van der Waals surface area contributed by atoms with E-state index in [2.05, 4.69) is 24.8 Å². The van der Waals surface area contributed by atoms with Gasteiger partial charge in [-0.1, -0.05) is 18.5 Å². The van der Waals surface area contributed by atoms with Gasteiger partial charge in [-0.2, -0.15) is 0 Å². The van der Waals surface area contributed by atoms with Gasteiger partial charge in [0.25, 0.3) is 0 Å². The molecule has 0 spiro atoms. The van der Waals surface area contributed by atoms with E-state index in [1.54, 1.807) is 12.4 Å². The maximum atomic E-state index is 11.7. The van der Waals surface area contributed by atoms with Gasteiger partial charge in [-0.05, 0) is 18.2 Å².